The van der Waals surface area contributed by atoms with Gasteiger partial charge in [-0.1, -0.05) is 35.9 Å². The second-order valence-corrected chi connectivity index (χ2v) is 3.17. The lowest BCUT2D eigenvalue weighted by Gasteiger charge is -2.10. The highest BCUT2D eigenvalue weighted by Gasteiger charge is 2.07. The van der Waals surface area contributed by atoms with Gasteiger partial charge in [0.15, 0.2) is 0 Å². The van der Waals surface area contributed by atoms with E-state index in [0.29, 0.717) is 6.54 Å². The fourth-order valence-electron chi connectivity index (χ4n) is 1.29. The summed E-state index contributed by atoms with van der Waals surface area (Å²) in [4.78, 5) is 0. The molecule has 1 unspecified atom stereocenters. The first-order valence-electron chi connectivity index (χ1n) is 4.58. The first-order chi connectivity index (χ1) is 6.77. The van der Waals surface area contributed by atoms with Gasteiger partial charge in [-0.2, -0.15) is 5.26 Å². The molecular formula is C12H14N2. The van der Waals surface area contributed by atoms with Crippen molar-refractivity contribution >= 4 is 0 Å². The molecule has 0 heterocycles. The van der Waals surface area contributed by atoms with E-state index in [0.717, 1.165) is 5.56 Å². The van der Waals surface area contributed by atoms with Crippen LogP contribution in [0.5, 0.6) is 0 Å². The second kappa shape index (κ2) is 5.21. The summed E-state index contributed by atoms with van der Waals surface area (Å²) < 4.78 is 0. The normalized spacial score (nSPS) is 11.7. The van der Waals surface area contributed by atoms with Crippen LogP contribution >= 0.6 is 0 Å². The van der Waals surface area contributed by atoms with E-state index in [9.17, 15) is 0 Å². The van der Waals surface area contributed by atoms with Gasteiger partial charge in [0.05, 0.1) is 6.07 Å². The van der Waals surface area contributed by atoms with Crippen LogP contribution < -0.4 is 5.32 Å². The Morgan fingerprint density at radius 2 is 2.43 bits per heavy atom. The Morgan fingerprint density at radius 1 is 1.64 bits per heavy atom. The summed E-state index contributed by atoms with van der Waals surface area (Å²) in [6.45, 7) is 6.27. The van der Waals surface area contributed by atoms with Crippen LogP contribution in [-0.4, -0.2) is 6.54 Å². The van der Waals surface area contributed by atoms with Gasteiger partial charge in [0.1, 0.15) is 6.04 Å². The van der Waals surface area contributed by atoms with Crippen molar-refractivity contribution in [3.63, 3.8) is 0 Å². The maximum atomic E-state index is 8.95. The molecule has 1 rings (SSSR count). The minimum absolute atomic E-state index is 0.243. The van der Waals surface area contributed by atoms with Crippen molar-refractivity contribution in [2.45, 2.75) is 13.0 Å². The van der Waals surface area contributed by atoms with Gasteiger partial charge in [0, 0.05) is 6.54 Å². The number of hydrogen-bond acceptors (Lipinski definition) is 2. The molecule has 0 aliphatic carbocycles. The zero-order valence-corrected chi connectivity index (χ0v) is 8.33. The molecule has 14 heavy (non-hydrogen) atoms. The monoisotopic (exact) mass is 186 g/mol. The SMILES string of the molecule is C=CCNC(C#N)c1cccc(C)c1. The number of nitrogens with one attached hydrogen (secondary N) is 1. The molecule has 0 saturated heterocycles. The van der Waals surface area contributed by atoms with Crippen LogP contribution in [-0.2, 0) is 0 Å². The molecule has 0 aromatic heterocycles. The molecule has 0 radical (unpaired) electrons. The molecule has 72 valence electrons. The van der Waals surface area contributed by atoms with Gasteiger partial charge in [-0.3, -0.25) is 5.32 Å². The maximum absolute atomic E-state index is 8.95. The number of nitrogens with zero attached hydrogens (tertiary/aromatic N) is 1. The van der Waals surface area contributed by atoms with E-state index >= 15 is 0 Å². The summed E-state index contributed by atoms with van der Waals surface area (Å²) in [5.41, 5.74) is 2.18. The van der Waals surface area contributed by atoms with E-state index in [2.05, 4.69) is 18.0 Å². The van der Waals surface area contributed by atoms with Crippen LogP contribution in [0.25, 0.3) is 0 Å². The van der Waals surface area contributed by atoms with Crippen LogP contribution in [0, 0.1) is 18.3 Å². The molecule has 1 N–H and O–H groups in total. The topological polar surface area (TPSA) is 35.8 Å². The fraction of sp³-hybridized carbons (Fsp3) is 0.250. The van der Waals surface area contributed by atoms with Gasteiger partial charge in [0.25, 0.3) is 0 Å². The summed E-state index contributed by atoms with van der Waals surface area (Å²) in [7, 11) is 0. The van der Waals surface area contributed by atoms with Crippen molar-refractivity contribution in [2.75, 3.05) is 6.54 Å². The van der Waals surface area contributed by atoms with Crippen LogP contribution in [0.2, 0.25) is 0 Å². The Labute approximate surface area is 84.9 Å². The Morgan fingerprint density at radius 3 is 3.00 bits per heavy atom. The zero-order chi connectivity index (χ0) is 10.4. The third-order valence-corrected chi connectivity index (χ3v) is 1.97. The molecule has 0 spiro atoms. The lowest BCUT2D eigenvalue weighted by Crippen LogP contribution is -2.19. The van der Waals surface area contributed by atoms with Crippen LogP contribution in [0.1, 0.15) is 17.2 Å². The summed E-state index contributed by atoms with van der Waals surface area (Å²) in [6, 6.07) is 9.93. The molecule has 1 atom stereocenters. The molecule has 0 aliphatic heterocycles. The predicted octanol–water partition coefficient (Wildman–Crippen LogP) is 2.34. The average Bonchev–Trinajstić information content (AvgIpc) is 2.19. The molecular weight excluding hydrogens is 172 g/mol. The predicted molar refractivity (Wildman–Crippen MR) is 57.7 cm³/mol. The number of rotatable bonds is 4. The van der Waals surface area contributed by atoms with Gasteiger partial charge in [-0.25, -0.2) is 0 Å². The smallest absolute Gasteiger partial charge is 0.121 e. The van der Waals surface area contributed by atoms with Gasteiger partial charge in [-0.15, -0.1) is 6.58 Å². The van der Waals surface area contributed by atoms with Gasteiger partial charge in [-0.05, 0) is 12.5 Å². The van der Waals surface area contributed by atoms with Crippen LogP contribution in [0.4, 0.5) is 0 Å². The minimum atomic E-state index is -0.243. The third-order valence-electron chi connectivity index (χ3n) is 1.97. The summed E-state index contributed by atoms with van der Waals surface area (Å²) in [6.07, 6.45) is 1.75. The molecule has 1 aromatic carbocycles. The number of nitriles is 1. The lowest BCUT2D eigenvalue weighted by atomic mass is 10.1. The van der Waals surface area contributed by atoms with Gasteiger partial charge in [0.2, 0.25) is 0 Å². The molecule has 0 bridgehead atoms. The average molecular weight is 186 g/mol. The lowest BCUT2D eigenvalue weighted by molar-refractivity contribution is 0.683. The Hall–Kier alpha value is -1.59. The minimum Gasteiger partial charge on any atom is -0.295 e. The number of aryl methyl sites for hydroxylation is 1. The Bertz CT molecular complexity index is 350. The summed E-state index contributed by atoms with van der Waals surface area (Å²) in [5, 5.41) is 12.0. The van der Waals surface area contributed by atoms with Crippen LogP contribution in [0.3, 0.4) is 0 Å². The van der Waals surface area contributed by atoms with E-state index < -0.39 is 0 Å². The summed E-state index contributed by atoms with van der Waals surface area (Å²) >= 11 is 0. The van der Waals surface area contributed by atoms with Crippen LogP contribution in [0.15, 0.2) is 36.9 Å². The molecule has 0 aliphatic rings. The van der Waals surface area contributed by atoms with E-state index in [4.69, 9.17) is 5.26 Å². The molecule has 0 fully saturated rings. The standard InChI is InChI=1S/C12H14N2/c1-3-7-14-12(9-13)11-6-4-5-10(2)8-11/h3-6,8,12,14H,1,7H2,2H3. The molecule has 2 heteroatoms. The van der Waals surface area contributed by atoms with Crippen molar-refractivity contribution < 1.29 is 0 Å². The van der Waals surface area contributed by atoms with E-state index in [1.54, 1.807) is 6.08 Å². The number of benzene rings is 1. The third kappa shape index (κ3) is 2.72. The Kier molecular flexibility index (Phi) is 3.90. The highest BCUT2D eigenvalue weighted by molar-refractivity contribution is 5.28. The largest absolute Gasteiger partial charge is 0.295 e. The highest BCUT2D eigenvalue weighted by atomic mass is 14.9. The van der Waals surface area contributed by atoms with E-state index in [1.807, 2.05) is 31.2 Å². The molecule has 1 aromatic rings. The Balaban J connectivity index is 2.79. The first-order valence-corrected chi connectivity index (χ1v) is 4.58. The second-order valence-electron chi connectivity index (χ2n) is 3.17. The molecule has 0 amide bonds. The van der Waals surface area contributed by atoms with E-state index in [-0.39, 0.29) is 6.04 Å². The summed E-state index contributed by atoms with van der Waals surface area (Å²) in [5.74, 6) is 0. The zero-order valence-electron chi connectivity index (χ0n) is 8.33. The number of hydrogen-bond donors (Lipinski definition) is 1. The van der Waals surface area contributed by atoms with Crippen molar-refractivity contribution in [3.05, 3.63) is 48.0 Å². The van der Waals surface area contributed by atoms with Gasteiger partial charge < -0.3 is 0 Å². The van der Waals surface area contributed by atoms with Crippen molar-refractivity contribution in [3.8, 4) is 6.07 Å². The first kappa shape index (κ1) is 10.5. The van der Waals surface area contributed by atoms with Gasteiger partial charge >= 0.3 is 0 Å². The molecule has 2 nitrogen and oxygen atoms in total. The van der Waals surface area contributed by atoms with Crippen molar-refractivity contribution in [1.29, 1.82) is 5.26 Å². The van der Waals surface area contributed by atoms with Crippen molar-refractivity contribution in [1.82, 2.24) is 5.32 Å². The quantitative estimate of drug-likeness (QED) is 0.732. The van der Waals surface area contributed by atoms with E-state index in [1.165, 1.54) is 5.56 Å². The molecule has 0 saturated carbocycles. The maximum Gasteiger partial charge on any atom is 0.121 e. The van der Waals surface area contributed by atoms with Crippen molar-refractivity contribution in [2.24, 2.45) is 0 Å². The fourth-order valence-corrected chi connectivity index (χ4v) is 1.29. The highest BCUT2D eigenvalue weighted by Crippen LogP contribution is 2.13.